The predicted molar refractivity (Wildman–Crippen MR) is 149 cm³/mol. The highest BCUT2D eigenvalue weighted by Gasteiger charge is 2.16. The minimum absolute atomic E-state index is 0.680. The number of benzene rings is 4. The molecule has 7 aromatic rings. The van der Waals surface area contributed by atoms with Crippen LogP contribution in [0, 0.1) is 0 Å². The molecule has 4 heteroatoms. The van der Waals surface area contributed by atoms with Crippen LogP contribution >= 0.6 is 0 Å². The number of hydrogen-bond donors (Lipinski definition) is 0. The SMILES string of the molecule is c1ccc(-c2cc(-c3cccnc3-c3ccc4c(c3)oc3ccccc34)nc(-c3ccccc3)n2)cc1. The summed E-state index contributed by atoms with van der Waals surface area (Å²) in [5.74, 6) is 0.680. The van der Waals surface area contributed by atoms with Crippen LogP contribution in [0.2, 0.25) is 0 Å². The van der Waals surface area contributed by atoms with Crippen LogP contribution in [-0.4, -0.2) is 15.0 Å². The summed E-state index contributed by atoms with van der Waals surface area (Å²) in [6, 6.07) is 40.7. The Morgan fingerprint density at radius 3 is 2.03 bits per heavy atom. The van der Waals surface area contributed by atoms with Gasteiger partial charge in [-0.3, -0.25) is 4.98 Å². The minimum atomic E-state index is 0.680. The Morgan fingerprint density at radius 2 is 1.19 bits per heavy atom. The van der Waals surface area contributed by atoms with Crippen molar-refractivity contribution in [2.45, 2.75) is 0 Å². The quantitative estimate of drug-likeness (QED) is 0.256. The van der Waals surface area contributed by atoms with Crippen molar-refractivity contribution < 1.29 is 4.42 Å². The van der Waals surface area contributed by atoms with Gasteiger partial charge in [0.15, 0.2) is 5.82 Å². The molecule has 0 aliphatic carbocycles. The lowest BCUT2D eigenvalue weighted by Crippen LogP contribution is -1.97. The third kappa shape index (κ3) is 3.85. The number of fused-ring (bicyclic) bond motifs is 3. The lowest BCUT2D eigenvalue weighted by atomic mass is 10.0. The molecular weight excluding hydrogens is 454 g/mol. The fourth-order valence-electron chi connectivity index (χ4n) is 4.77. The fraction of sp³-hybridized carbons (Fsp3) is 0. The van der Waals surface area contributed by atoms with Crippen molar-refractivity contribution >= 4 is 21.9 Å². The van der Waals surface area contributed by atoms with Crippen LogP contribution in [0.5, 0.6) is 0 Å². The van der Waals surface area contributed by atoms with E-state index in [4.69, 9.17) is 19.4 Å². The van der Waals surface area contributed by atoms with E-state index in [0.29, 0.717) is 5.82 Å². The molecule has 3 aromatic heterocycles. The Balaban J connectivity index is 1.42. The van der Waals surface area contributed by atoms with Crippen molar-refractivity contribution in [1.82, 2.24) is 15.0 Å². The maximum atomic E-state index is 6.16. The van der Waals surface area contributed by atoms with E-state index in [1.165, 1.54) is 0 Å². The van der Waals surface area contributed by atoms with E-state index >= 15 is 0 Å². The van der Waals surface area contributed by atoms with Gasteiger partial charge in [-0.05, 0) is 36.4 Å². The summed E-state index contributed by atoms with van der Waals surface area (Å²) >= 11 is 0. The molecule has 0 bridgehead atoms. The van der Waals surface area contributed by atoms with Crippen molar-refractivity contribution in [3.63, 3.8) is 0 Å². The summed E-state index contributed by atoms with van der Waals surface area (Å²) in [6.07, 6.45) is 1.82. The van der Waals surface area contributed by atoms with Crippen molar-refractivity contribution in [2.75, 3.05) is 0 Å². The second kappa shape index (κ2) is 8.85. The van der Waals surface area contributed by atoms with Gasteiger partial charge in [0.2, 0.25) is 0 Å². The van der Waals surface area contributed by atoms with E-state index < -0.39 is 0 Å². The molecule has 4 nitrogen and oxygen atoms in total. The first-order valence-corrected chi connectivity index (χ1v) is 12.2. The molecule has 0 amide bonds. The van der Waals surface area contributed by atoms with Crippen LogP contribution in [0.4, 0.5) is 0 Å². The Hall–Kier alpha value is -5.09. The number of hydrogen-bond acceptors (Lipinski definition) is 4. The Labute approximate surface area is 213 Å². The molecule has 174 valence electrons. The number of aromatic nitrogens is 3. The summed E-state index contributed by atoms with van der Waals surface area (Å²) in [5.41, 5.74) is 8.18. The Kier molecular flexibility index (Phi) is 5.07. The monoisotopic (exact) mass is 475 g/mol. The normalized spacial score (nSPS) is 11.2. The molecule has 0 aliphatic rings. The number of furan rings is 1. The van der Waals surface area contributed by atoms with Crippen LogP contribution in [-0.2, 0) is 0 Å². The van der Waals surface area contributed by atoms with Gasteiger partial charge in [-0.1, -0.05) is 84.9 Å². The summed E-state index contributed by atoms with van der Waals surface area (Å²) in [7, 11) is 0. The van der Waals surface area contributed by atoms with Crippen molar-refractivity contribution in [1.29, 1.82) is 0 Å². The van der Waals surface area contributed by atoms with Crippen molar-refractivity contribution in [3.8, 4) is 45.2 Å². The van der Waals surface area contributed by atoms with E-state index in [-0.39, 0.29) is 0 Å². The van der Waals surface area contributed by atoms with Crippen LogP contribution in [0.25, 0.3) is 67.1 Å². The van der Waals surface area contributed by atoms with E-state index in [1.807, 2.05) is 85.1 Å². The molecule has 0 saturated heterocycles. The predicted octanol–water partition coefficient (Wildman–Crippen LogP) is 8.44. The Bertz CT molecular complexity index is 1820. The molecule has 0 saturated carbocycles. The van der Waals surface area contributed by atoms with Gasteiger partial charge in [0.05, 0.1) is 17.1 Å². The van der Waals surface area contributed by atoms with Gasteiger partial charge >= 0.3 is 0 Å². The second-order valence-corrected chi connectivity index (χ2v) is 8.90. The van der Waals surface area contributed by atoms with Crippen molar-refractivity contribution in [2.24, 2.45) is 0 Å². The fourth-order valence-corrected chi connectivity index (χ4v) is 4.77. The molecular formula is C33H21N3O. The Morgan fingerprint density at radius 1 is 0.486 bits per heavy atom. The average Bonchev–Trinajstić information content (AvgIpc) is 3.36. The summed E-state index contributed by atoms with van der Waals surface area (Å²) < 4.78 is 6.16. The van der Waals surface area contributed by atoms with Gasteiger partial charge in [-0.2, -0.15) is 0 Å². The molecule has 0 spiro atoms. The third-order valence-electron chi connectivity index (χ3n) is 6.56. The van der Waals surface area contributed by atoms with Crippen LogP contribution in [0.15, 0.2) is 132 Å². The standard InChI is InChI=1S/C33H21N3O/c1-3-10-22(11-4-1)28-21-29(36-33(35-28)23-12-5-2-6-13-23)27-15-9-19-34-32(27)24-17-18-26-25-14-7-8-16-30(25)37-31(26)20-24/h1-21H. The van der Waals surface area contributed by atoms with E-state index in [2.05, 4.69) is 42.5 Å². The van der Waals surface area contributed by atoms with Gasteiger partial charge in [0, 0.05) is 39.2 Å². The highest BCUT2D eigenvalue weighted by Crippen LogP contribution is 2.36. The van der Waals surface area contributed by atoms with E-state index in [1.54, 1.807) is 0 Å². The molecule has 0 radical (unpaired) electrons. The maximum Gasteiger partial charge on any atom is 0.160 e. The zero-order valence-electron chi connectivity index (χ0n) is 19.9. The van der Waals surface area contributed by atoms with Gasteiger partial charge < -0.3 is 4.42 Å². The number of rotatable bonds is 4. The molecule has 0 aliphatic heterocycles. The highest BCUT2D eigenvalue weighted by molar-refractivity contribution is 6.06. The molecule has 3 heterocycles. The van der Waals surface area contributed by atoms with Crippen LogP contribution in [0.1, 0.15) is 0 Å². The molecule has 37 heavy (non-hydrogen) atoms. The first kappa shape index (κ1) is 21.2. The maximum absolute atomic E-state index is 6.16. The summed E-state index contributed by atoms with van der Waals surface area (Å²) in [4.78, 5) is 14.7. The van der Waals surface area contributed by atoms with Gasteiger partial charge in [-0.25, -0.2) is 9.97 Å². The zero-order chi connectivity index (χ0) is 24.6. The molecule has 0 N–H and O–H groups in total. The average molecular weight is 476 g/mol. The lowest BCUT2D eigenvalue weighted by molar-refractivity contribution is 0.669. The van der Waals surface area contributed by atoms with E-state index in [9.17, 15) is 0 Å². The van der Waals surface area contributed by atoms with Crippen molar-refractivity contribution in [3.05, 3.63) is 128 Å². The minimum Gasteiger partial charge on any atom is -0.456 e. The van der Waals surface area contributed by atoms with E-state index in [0.717, 1.165) is 61.3 Å². The first-order chi connectivity index (χ1) is 18.3. The third-order valence-corrected chi connectivity index (χ3v) is 6.56. The molecule has 4 aromatic carbocycles. The zero-order valence-corrected chi connectivity index (χ0v) is 19.9. The smallest absolute Gasteiger partial charge is 0.160 e. The highest BCUT2D eigenvalue weighted by atomic mass is 16.3. The molecule has 0 atom stereocenters. The van der Waals surface area contributed by atoms with Gasteiger partial charge in [0.25, 0.3) is 0 Å². The number of para-hydroxylation sites is 1. The molecule has 7 rings (SSSR count). The van der Waals surface area contributed by atoms with Crippen LogP contribution in [0.3, 0.4) is 0 Å². The molecule has 0 unspecified atom stereocenters. The topological polar surface area (TPSA) is 51.8 Å². The van der Waals surface area contributed by atoms with Crippen LogP contribution < -0.4 is 0 Å². The van der Waals surface area contributed by atoms with Gasteiger partial charge in [-0.15, -0.1) is 0 Å². The lowest BCUT2D eigenvalue weighted by Gasteiger charge is -2.12. The molecule has 0 fully saturated rings. The largest absolute Gasteiger partial charge is 0.456 e. The number of pyridine rings is 1. The first-order valence-electron chi connectivity index (χ1n) is 12.2. The number of nitrogens with zero attached hydrogens (tertiary/aromatic N) is 3. The summed E-state index contributed by atoms with van der Waals surface area (Å²) in [6.45, 7) is 0. The van der Waals surface area contributed by atoms with Gasteiger partial charge in [0.1, 0.15) is 11.2 Å². The summed E-state index contributed by atoms with van der Waals surface area (Å²) in [5, 5.41) is 2.21. The second-order valence-electron chi connectivity index (χ2n) is 8.90.